The summed E-state index contributed by atoms with van der Waals surface area (Å²) in [6.07, 6.45) is 0.123. The number of nitrogens with one attached hydrogen (secondary N) is 1. The summed E-state index contributed by atoms with van der Waals surface area (Å²) in [6, 6.07) is 4.22. The highest BCUT2D eigenvalue weighted by atomic mass is 35.5. The molecule has 110 valence electrons. The van der Waals surface area contributed by atoms with Gasteiger partial charge in [0.15, 0.2) is 0 Å². The molecule has 1 aromatic rings. The number of carbonyl (C=O) groups excluding carboxylic acids is 1. The van der Waals surface area contributed by atoms with E-state index in [4.69, 9.17) is 16.7 Å². The number of halogens is 2. The van der Waals surface area contributed by atoms with Gasteiger partial charge in [0.1, 0.15) is 5.82 Å². The smallest absolute Gasteiger partial charge is 0.309 e. The highest BCUT2D eigenvalue weighted by Gasteiger charge is 2.26. The number of amides is 1. The van der Waals surface area contributed by atoms with Crippen LogP contribution in [0.2, 0.25) is 5.02 Å². The number of carboxylic acid groups (broad SMARTS) is 1. The molecule has 0 aliphatic rings. The van der Waals surface area contributed by atoms with Crippen LogP contribution < -0.4 is 5.32 Å². The molecule has 0 radical (unpaired) electrons. The van der Waals surface area contributed by atoms with E-state index in [-0.39, 0.29) is 23.6 Å². The molecule has 0 heterocycles. The normalized spacial score (nSPS) is 11.2. The molecule has 0 aliphatic carbocycles. The molecule has 0 unspecified atom stereocenters. The van der Waals surface area contributed by atoms with E-state index in [2.05, 4.69) is 5.32 Å². The van der Waals surface area contributed by atoms with E-state index in [1.165, 1.54) is 18.2 Å². The minimum absolute atomic E-state index is 0.143. The molecule has 1 amide bonds. The van der Waals surface area contributed by atoms with Crippen LogP contribution in [0.3, 0.4) is 0 Å². The monoisotopic (exact) mass is 301 g/mol. The van der Waals surface area contributed by atoms with Crippen LogP contribution in [-0.2, 0) is 16.0 Å². The first-order valence-corrected chi connectivity index (χ1v) is 6.55. The zero-order chi connectivity index (χ0) is 15.3. The van der Waals surface area contributed by atoms with Crippen molar-refractivity contribution in [3.05, 3.63) is 34.6 Å². The first-order chi connectivity index (χ1) is 9.24. The lowest BCUT2D eigenvalue weighted by Crippen LogP contribution is -2.32. The first-order valence-electron chi connectivity index (χ1n) is 6.17. The van der Waals surface area contributed by atoms with Crippen LogP contribution in [0.4, 0.5) is 4.39 Å². The number of hydrogen-bond acceptors (Lipinski definition) is 2. The lowest BCUT2D eigenvalue weighted by atomic mass is 9.90. The van der Waals surface area contributed by atoms with Crippen molar-refractivity contribution in [2.24, 2.45) is 5.41 Å². The van der Waals surface area contributed by atoms with E-state index in [0.29, 0.717) is 6.42 Å². The second-order valence-electron chi connectivity index (χ2n) is 5.17. The third-order valence-corrected chi connectivity index (χ3v) is 3.40. The minimum Gasteiger partial charge on any atom is -0.481 e. The molecule has 0 saturated carbocycles. The van der Waals surface area contributed by atoms with E-state index >= 15 is 0 Å². The van der Waals surface area contributed by atoms with Gasteiger partial charge in [-0.2, -0.15) is 0 Å². The predicted octanol–water partition coefficient (Wildman–Crippen LogP) is 2.64. The average molecular weight is 302 g/mol. The second kappa shape index (κ2) is 6.70. The van der Waals surface area contributed by atoms with Gasteiger partial charge >= 0.3 is 5.97 Å². The fourth-order valence-electron chi connectivity index (χ4n) is 1.55. The summed E-state index contributed by atoms with van der Waals surface area (Å²) in [6.45, 7) is 3.37. The Morgan fingerprint density at radius 2 is 2.05 bits per heavy atom. The summed E-state index contributed by atoms with van der Waals surface area (Å²) in [7, 11) is 0. The van der Waals surface area contributed by atoms with Crippen LogP contribution in [0.5, 0.6) is 0 Å². The van der Waals surface area contributed by atoms with Gasteiger partial charge in [-0.05, 0) is 32.4 Å². The molecule has 0 spiro atoms. The van der Waals surface area contributed by atoms with Crippen LogP contribution in [-0.4, -0.2) is 23.5 Å². The SMILES string of the molecule is CC(C)(CCNC(=O)Cc1c(F)cccc1Cl)C(=O)O. The number of benzene rings is 1. The molecule has 0 aliphatic heterocycles. The Morgan fingerprint density at radius 1 is 1.40 bits per heavy atom. The highest BCUT2D eigenvalue weighted by Crippen LogP contribution is 2.20. The molecule has 0 saturated heterocycles. The van der Waals surface area contributed by atoms with Crippen molar-refractivity contribution >= 4 is 23.5 Å². The van der Waals surface area contributed by atoms with Gasteiger partial charge in [0.05, 0.1) is 11.8 Å². The number of carbonyl (C=O) groups is 2. The summed E-state index contributed by atoms with van der Waals surface area (Å²) < 4.78 is 13.5. The molecular weight excluding hydrogens is 285 g/mol. The zero-order valence-electron chi connectivity index (χ0n) is 11.4. The number of hydrogen-bond donors (Lipinski definition) is 2. The van der Waals surface area contributed by atoms with Gasteiger partial charge in [-0.3, -0.25) is 9.59 Å². The third-order valence-electron chi connectivity index (χ3n) is 3.05. The van der Waals surface area contributed by atoms with Crippen molar-refractivity contribution in [3.8, 4) is 0 Å². The molecule has 4 nitrogen and oxygen atoms in total. The average Bonchev–Trinajstić information content (AvgIpc) is 2.33. The van der Waals surface area contributed by atoms with Crippen molar-refractivity contribution in [3.63, 3.8) is 0 Å². The highest BCUT2D eigenvalue weighted by molar-refractivity contribution is 6.31. The van der Waals surface area contributed by atoms with Crippen molar-refractivity contribution in [2.75, 3.05) is 6.54 Å². The molecule has 0 aromatic heterocycles. The second-order valence-corrected chi connectivity index (χ2v) is 5.57. The predicted molar refractivity (Wildman–Crippen MR) is 74.2 cm³/mol. The molecule has 0 bridgehead atoms. The standard InChI is InChI=1S/C14H17ClFNO3/c1-14(2,13(19)20)6-7-17-12(18)8-9-10(15)4-3-5-11(9)16/h3-5H,6-8H2,1-2H3,(H,17,18)(H,19,20). The maximum Gasteiger partial charge on any atom is 0.309 e. The van der Waals surface area contributed by atoms with Crippen LogP contribution in [0.1, 0.15) is 25.8 Å². The summed E-state index contributed by atoms with van der Waals surface area (Å²) in [5.74, 6) is -1.85. The Hall–Kier alpha value is -1.62. The molecule has 0 fully saturated rings. The number of rotatable bonds is 6. The summed E-state index contributed by atoms with van der Waals surface area (Å²) in [5.41, 5.74) is -0.771. The topological polar surface area (TPSA) is 66.4 Å². The molecular formula is C14H17ClFNO3. The van der Waals surface area contributed by atoms with Gasteiger partial charge in [0, 0.05) is 17.1 Å². The number of aliphatic carboxylic acids is 1. The largest absolute Gasteiger partial charge is 0.481 e. The number of carboxylic acids is 1. The first kappa shape index (κ1) is 16.4. The zero-order valence-corrected chi connectivity index (χ0v) is 12.1. The van der Waals surface area contributed by atoms with Gasteiger partial charge in [0.2, 0.25) is 5.91 Å². The van der Waals surface area contributed by atoms with Gasteiger partial charge in [-0.25, -0.2) is 4.39 Å². The fourth-order valence-corrected chi connectivity index (χ4v) is 1.78. The fraction of sp³-hybridized carbons (Fsp3) is 0.429. The molecule has 2 N–H and O–H groups in total. The Morgan fingerprint density at radius 3 is 2.60 bits per heavy atom. The summed E-state index contributed by atoms with van der Waals surface area (Å²) in [4.78, 5) is 22.6. The molecule has 0 atom stereocenters. The van der Waals surface area contributed by atoms with Gasteiger partial charge < -0.3 is 10.4 Å². The van der Waals surface area contributed by atoms with Crippen LogP contribution >= 0.6 is 11.6 Å². The third kappa shape index (κ3) is 4.49. The summed E-state index contributed by atoms with van der Waals surface area (Å²) >= 11 is 5.82. The van der Waals surface area contributed by atoms with Gasteiger partial charge in [-0.15, -0.1) is 0 Å². The van der Waals surface area contributed by atoms with E-state index in [1.54, 1.807) is 13.8 Å². The van der Waals surface area contributed by atoms with E-state index in [1.807, 2.05) is 0 Å². The van der Waals surface area contributed by atoms with E-state index < -0.39 is 23.1 Å². The minimum atomic E-state index is -0.927. The van der Waals surface area contributed by atoms with Crippen LogP contribution in [0.15, 0.2) is 18.2 Å². The Kier molecular flexibility index (Phi) is 5.51. The van der Waals surface area contributed by atoms with Crippen LogP contribution in [0.25, 0.3) is 0 Å². The van der Waals surface area contributed by atoms with E-state index in [9.17, 15) is 14.0 Å². The van der Waals surface area contributed by atoms with Gasteiger partial charge in [0.25, 0.3) is 0 Å². The molecule has 20 heavy (non-hydrogen) atoms. The molecule has 1 rings (SSSR count). The Labute approximate surface area is 121 Å². The quantitative estimate of drug-likeness (QED) is 0.849. The van der Waals surface area contributed by atoms with Crippen molar-refractivity contribution in [2.45, 2.75) is 26.7 Å². The maximum absolute atomic E-state index is 13.5. The molecule has 1 aromatic carbocycles. The van der Waals surface area contributed by atoms with Gasteiger partial charge in [-0.1, -0.05) is 17.7 Å². The van der Waals surface area contributed by atoms with Crippen molar-refractivity contribution in [1.29, 1.82) is 0 Å². The Balaban J connectivity index is 2.51. The maximum atomic E-state index is 13.5. The van der Waals surface area contributed by atoms with E-state index in [0.717, 1.165) is 0 Å². The lowest BCUT2D eigenvalue weighted by Gasteiger charge is -2.18. The summed E-state index contributed by atoms with van der Waals surface area (Å²) in [5, 5.41) is 11.7. The van der Waals surface area contributed by atoms with Crippen molar-refractivity contribution < 1.29 is 19.1 Å². The van der Waals surface area contributed by atoms with Crippen LogP contribution in [0, 0.1) is 11.2 Å². The Bertz CT molecular complexity index is 497. The molecule has 6 heteroatoms. The van der Waals surface area contributed by atoms with Crippen molar-refractivity contribution in [1.82, 2.24) is 5.32 Å². The lowest BCUT2D eigenvalue weighted by molar-refractivity contribution is -0.147.